The molecule has 0 bridgehead atoms. The average Bonchev–Trinajstić information content (AvgIpc) is 3.32. The van der Waals surface area contributed by atoms with Crippen LogP contribution < -0.4 is 0 Å². The highest BCUT2D eigenvalue weighted by Crippen LogP contribution is 2.49. The van der Waals surface area contributed by atoms with Crippen LogP contribution in [0.5, 0.6) is 0 Å². The molecule has 0 N–H and O–H groups in total. The van der Waals surface area contributed by atoms with Crippen LogP contribution >= 0.6 is 0 Å². The fraction of sp³-hybridized carbons (Fsp3) is 0.217. The van der Waals surface area contributed by atoms with Gasteiger partial charge in [0.2, 0.25) is 0 Å². The molecule has 0 spiro atoms. The molecule has 0 aliphatic heterocycles. The van der Waals surface area contributed by atoms with Crippen molar-refractivity contribution in [1.82, 2.24) is 10.1 Å². The topological polar surface area (TPSA) is 52.1 Å². The van der Waals surface area contributed by atoms with Crippen LogP contribution in [0, 0.1) is 13.8 Å². The minimum atomic E-state index is 0.424. The van der Waals surface area contributed by atoms with Crippen molar-refractivity contribution < 1.29 is 8.94 Å². The van der Waals surface area contributed by atoms with Crippen molar-refractivity contribution in [3.63, 3.8) is 0 Å². The molecule has 4 aromatic rings. The second-order valence-corrected chi connectivity index (χ2v) is 7.19. The van der Waals surface area contributed by atoms with E-state index in [2.05, 4.69) is 48.5 Å². The van der Waals surface area contributed by atoms with E-state index in [0.717, 1.165) is 52.4 Å². The molecule has 4 nitrogen and oxygen atoms in total. The Kier molecular flexibility index (Phi) is 3.71. The number of nitrogens with zero attached hydrogens (tertiary/aromatic N) is 2. The smallest absolute Gasteiger partial charge is 0.192 e. The lowest BCUT2D eigenvalue weighted by Crippen LogP contribution is -1.89. The number of aromatic nitrogens is 2. The molecule has 0 unspecified atom stereocenters. The van der Waals surface area contributed by atoms with E-state index in [0.29, 0.717) is 11.8 Å². The molecule has 1 fully saturated rings. The first-order chi connectivity index (χ1) is 13.2. The Balaban J connectivity index is 1.73. The molecule has 4 heteroatoms. The molecule has 2 aromatic carbocycles. The van der Waals surface area contributed by atoms with E-state index in [-0.39, 0.29) is 0 Å². The zero-order chi connectivity index (χ0) is 18.4. The molecule has 1 aliphatic carbocycles. The summed E-state index contributed by atoms with van der Waals surface area (Å²) in [6.07, 6.45) is 2.26. The molecule has 0 atom stereocenters. The summed E-state index contributed by atoms with van der Waals surface area (Å²) in [5, 5.41) is 4.43. The van der Waals surface area contributed by atoms with Crippen LogP contribution in [0.2, 0.25) is 0 Å². The lowest BCUT2D eigenvalue weighted by molar-refractivity contribution is 0.387. The molecular weight excluding hydrogens is 336 g/mol. The highest BCUT2D eigenvalue weighted by atomic mass is 16.5. The summed E-state index contributed by atoms with van der Waals surface area (Å²) in [7, 11) is 0. The van der Waals surface area contributed by atoms with E-state index < -0.39 is 0 Å². The summed E-state index contributed by atoms with van der Waals surface area (Å²) < 4.78 is 11.8. The predicted octanol–water partition coefficient (Wildman–Crippen LogP) is 6.16. The lowest BCUT2D eigenvalue weighted by atomic mass is 9.98. The molecule has 0 amide bonds. The van der Waals surface area contributed by atoms with Crippen LogP contribution in [-0.2, 0) is 0 Å². The Morgan fingerprint density at radius 2 is 1.59 bits per heavy atom. The number of hydrogen-bond donors (Lipinski definition) is 0. The van der Waals surface area contributed by atoms with Crippen molar-refractivity contribution in [2.24, 2.45) is 0 Å². The van der Waals surface area contributed by atoms with E-state index in [1.165, 1.54) is 5.56 Å². The van der Waals surface area contributed by atoms with Crippen molar-refractivity contribution in [3.05, 3.63) is 71.8 Å². The maximum Gasteiger partial charge on any atom is 0.192 e. The quantitative estimate of drug-likeness (QED) is 0.439. The minimum Gasteiger partial charge on any atom is -0.440 e. The van der Waals surface area contributed by atoms with Gasteiger partial charge in [-0.25, -0.2) is 4.98 Å². The van der Waals surface area contributed by atoms with Crippen molar-refractivity contribution in [1.29, 1.82) is 0 Å². The SMILES string of the molecule is Cc1ccc(-c2oc(C)nc2-c2c(-c3ccccc3)noc2C2CC2)cc1. The number of oxazole rings is 1. The molecule has 134 valence electrons. The summed E-state index contributed by atoms with van der Waals surface area (Å²) in [5.41, 5.74) is 5.87. The van der Waals surface area contributed by atoms with Crippen molar-refractivity contribution in [2.75, 3.05) is 0 Å². The Morgan fingerprint density at radius 1 is 0.852 bits per heavy atom. The Morgan fingerprint density at radius 3 is 2.30 bits per heavy atom. The number of rotatable bonds is 4. The molecular formula is C23H20N2O2. The van der Waals surface area contributed by atoms with Crippen LogP contribution in [-0.4, -0.2) is 10.1 Å². The highest BCUT2D eigenvalue weighted by Gasteiger charge is 2.35. The van der Waals surface area contributed by atoms with Gasteiger partial charge in [0.25, 0.3) is 0 Å². The van der Waals surface area contributed by atoms with Gasteiger partial charge >= 0.3 is 0 Å². The molecule has 27 heavy (non-hydrogen) atoms. The van der Waals surface area contributed by atoms with Gasteiger partial charge in [0.1, 0.15) is 17.1 Å². The normalized spacial score (nSPS) is 13.9. The summed E-state index contributed by atoms with van der Waals surface area (Å²) in [6.45, 7) is 3.96. The van der Waals surface area contributed by atoms with Gasteiger partial charge in [-0.2, -0.15) is 0 Å². The predicted molar refractivity (Wildman–Crippen MR) is 104 cm³/mol. The van der Waals surface area contributed by atoms with Crippen molar-refractivity contribution in [3.8, 4) is 33.8 Å². The highest BCUT2D eigenvalue weighted by molar-refractivity contribution is 5.87. The van der Waals surface area contributed by atoms with Crippen molar-refractivity contribution >= 4 is 0 Å². The number of benzene rings is 2. The molecule has 1 saturated carbocycles. The maximum atomic E-state index is 6.03. The zero-order valence-corrected chi connectivity index (χ0v) is 15.4. The monoisotopic (exact) mass is 356 g/mol. The van der Waals surface area contributed by atoms with Crippen molar-refractivity contribution in [2.45, 2.75) is 32.6 Å². The third kappa shape index (κ3) is 2.87. The fourth-order valence-corrected chi connectivity index (χ4v) is 3.45. The first kappa shape index (κ1) is 16.1. The van der Waals surface area contributed by atoms with Gasteiger partial charge in [-0.3, -0.25) is 0 Å². The van der Waals surface area contributed by atoms with Crippen LogP contribution in [0.3, 0.4) is 0 Å². The van der Waals surface area contributed by atoms with E-state index in [9.17, 15) is 0 Å². The minimum absolute atomic E-state index is 0.424. The maximum absolute atomic E-state index is 6.03. The zero-order valence-electron chi connectivity index (χ0n) is 15.4. The Hall–Kier alpha value is -3.14. The first-order valence-corrected chi connectivity index (χ1v) is 9.30. The first-order valence-electron chi connectivity index (χ1n) is 9.30. The summed E-state index contributed by atoms with van der Waals surface area (Å²) in [4.78, 5) is 4.74. The largest absolute Gasteiger partial charge is 0.440 e. The lowest BCUT2D eigenvalue weighted by Gasteiger charge is -2.05. The Labute approximate surface area is 157 Å². The Bertz CT molecular complexity index is 1090. The average molecular weight is 356 g/mol. The molecule has 5 rings (SSSR count). The number of hydrogen-bond acceptors (Lipinski definition) is 4. The van der Waals surface area contributed by atoms with Gasteiger partial charge in [-0.1, -0.05) is 65.3 Å². The van der Waals surface area contributed by atoms with E-state index >= 15 is 0 Å². The summed E-state index contributed by atoms with van der Waals surface area (Å²) in [6, 6.07) is 18.5. The third-order valence-corrected chi connectivity index (χ3v) is 5.00. The molecule has 0 radical (unpaired) electrons. The second kappa shape index (κ2) is 6.23. The van der Waals surface area contributed by atoms with E-state index in [4.69, 9.17) is 13.9 Å². The molecule has 2 heterocycles. The second-order valence-electron chi connectivity index (χ2n) is 7.19. The van der Waals surface area contributed by atoms with E-state index in [1.807, 2.05) is 25.1 Å². The van der Waals surface area contributed by atoms with Crippen LogP contribution in [0.25, 0.3) is 33.8 Å². The van der Waals surface area contributed by atoms with Crippen LogP contribution in [0.15, 0.2) is 63.5 Å². The van der Waals surface area contributed by atoms with Gasteiger partial charge < -0.3 is 8.94 Å². The van der Waals surface area contributed by atoms with Crippen LogP contribution in [0.4, 0.5) is 0 Å². The van der Waals surface area contributed by atoms with E-state index in [1.54, 1.807) is 0 Å². The third-order valence-electron chi connectivity index (χ3n) is 5.00. The van der Waals surface area contributed by atoms with Gasteiger partial charge in [0.05, 0.1) is 5.56 Å². The van der Waals surface area contributed by atoms with Gasteiger partial charge in [0, 0.05) is 24.0 Å². The van der Waals surface area contributed by atoms with Gasteiger partial charge in [0.15, 0.2) is 11.7 Å². The molecule has 1 aliphatic rings. The fourth-order valence-electron chi connectivity index (χ4n) is 3.45. The molecule has 2 aromatic heterocycles. The van der Waals surface area contributed by atoms with Crippen LogP contribution in [0.1, 0.15) is 36.0 Å². The summed E-state index contributed by atoms with van der Waals surface area (Å²) in [5.74, 6) is 2.76. The van der Waals surface area contributed by atoms with Gasteiger partial charge in [-0.05, 0) is 19.8 Å². The van der Waals surface area contributed by atoms with Gasteiger partial charge in [-0.15, -0.1) is 0 Å². The standard InChI is InChI=1S/C23H20N2O2/c1-14-8-10-18(11-9-14)23-21(24-15(2)26-23)19-20(16-6-4-3-5-7-16)25-27-22(19)17-12-13-17/h3-11,17H,12-13H2,1-2H3. The number of aryl methyl sites for hydroxylation is 2. The molecule has 0 saturated heterocycles. The summed E-state index contributed by atoms with van der Waals surface area (Å²) >= 11 is 0.